The van der Waals surface area contributed by atoms with Gasteiger partial charge < -0.3 is 0 Å². The number of hydrogen-bond donors (Lipinski definition) is 1. The summed E-state index contributed by atoms with van der Waals surface area (Å²) in [6.07, 6.45) is 3.06. The van der Waals surface area contributed by atoms with Crippen LogP contribution >= 0.6 is 0 Å². The van der Waals surface area contributed by atoms with E-state index in [9.17, 15) is 18.0 Å². The summed E-state index contributed by atoms with van der Waals surface area (Å²) in [5.41, 5.74) is 2.87. The number of carbonyl (C=O) groups is 1. The van der Waals surface area contributed by atoms with Gasteiger partial charge in [0, 0.05) is 0 Å². The summed E-state index contributed by atoms with van der Waals surface area (Å²) >= 11 is 0. The molecule has 1 aliphatic heterocycles. The molecule has 2 atom stereocenters. The molecule has 48 heavy (non-hydrogen) atoms. The molecule has 0 saturated carbocycles. The van der Waals surface area contributed by atoms with Crippen LogP contribution in [0.2, 0.25) is 0 Å². The summed E-state index contributed by atoms with van der Waals surface area (Å²) in [6.45, 7) is 13.7. The van der Waals surface area contributed by atoms with Crippen LogP contribution in [0.15, 0.2) is 53.5 Å². The fourth-order valence-electron chi connectivity index (χ4n) is 5.84. The normalized spacial score (nSPS) is 16.6. The van der Waals surface area contributed by atoms with E-state index < -0.39 is 23.4 Å². The van der Waals surface area contributed by atoms with Crippen LogP contribution in [0.3, 0.4) is 0 Å². The number of alkyl carbamates (subject to hydrolysis) is 1. The van der Waals surface area contributed by atoms with E-state index in [1.807, 2.05) is 43.0 Å². The predicted molar refractivity (Wildman–Crippen MR) is 186 cm³/mol. The number of carbonyl (C=O) groups excluding carboxylic acids is 1. The van der Waals surface area contributed by atoms with Gasteiger partial charge in [-0.1, -0.05) is 37.6 Å². The van der Waals surface area contributed by atoms with E-state index >= 15 is 0 Å². The maximum absolute atomic E-state index is 14.5. The zero-order valence-corrected chi connectivity index (χ0v) is 29.2. The Hall–Kier alpha value is -4.07. The first-order valence-electron chi connectivity index (χ1n) is 16.7. The van der Waals surface area contributed by atoms with Gasteiger partial charge in [-0.05, 0) is 17.5 Å². The van der Waals surface area contributed by atoms with E-state index in [0.29, 0.717) is 30.6 Å². The molecule has 2 unspecified atom stereocenters. The number of allylic oxidation sites excluding steroid dienone is 1. The van der Waals surface area contributed by atoms with Gasteiger partial charge in [0.2, 0.25) is 0 Å². The molecular formula is C37H48BF3N4O3. The zero-order valence-electron chi connectivity index (χ0n) is 29.2. The molecule has 0 radical (unpaired) electrons. The molecule has 0 bridgehead atoms. The molecule has 3 rings (SSSR count). The summed E-state index contributed by atoms with van der Waals surface area (Å²) in [6, 6.07) is 12.3. The van der Waals surface area contributed by atoms with E-state index in [0.717, 1.165) is 37.0 Å². The number of nitrogens with one attached hydrogen (secondary N) is 1. The maximum atomic E-state index is 14.5. The Bertz CT molecular complexity index is 1520. The van der Waals surface area contributed by atoms with Gasteiger partial charge in [-0.25, -0.2) is 0 Å². The van der Waals surface area contributed by atoms with Crippen molar-refractivity contribution >= 4 is 30.3 Å². The molecule has 1 aliphatic rings. The molecule has 1 N–H and O–H groups in total. The molecular weight excluding hydrogens is 616 g/mol. The minimum atomic E-state index is -4.53. The summed E-state index contributed by atoms with van der Waals surface area (Å²) in [7, 11) is 1.17. The summed E-state index contributed by atoms with van der Waals surface area (Å²) < 4.78 is 53.7. The van der Waals surface area contributed by atoms with E-state index in [2.05, 4.69) is 12.2 Å². The fourth-order valence-corrected chi connectivity index (χ4v) is 5.84. The summed E-state index contributed by atoms with van der Waals surface area (Å²) in [5.74, 6) is -0.0321. The molecule has 1 fully saturated rings. The molecule has 258 valence electrons. The second kappa shape index (κ2) is 17.4. The first-order chi connectivity index (χ1) is 22.7. The Labute approximate surface area is 284 Å². The zero-order chi connectivity index (χ0) is 35.5. The number of likely N-dealkylation sites (tertiary alicyclic amines) is 1. The van der Waals surface area contributed by atoms with Crippen LogP contribution in [0, 0.1) is 17.4 Å². The van der Waals surface area contributed by atoms with Crippen molar-refractivity contribution in [2.45, 2.75) is 111 Å². The average molecular weight is 665 g/mol. The monoisotopic (exact) mass is 664 g/mol. The van der Waals surface area contributed by atoms with Crippen LogP contribution < -0.4 is 5.32 Å². The number of amides is 1. The second-order valence-corrected chi connectivity index (χ2v) is 13.1. The number of halogens is 3. The fraction of sp³-hybridized carbons (Fsp3) is 0.514. The van der Waals surface area contributed by atoms with Gasteiger partial charge in [0.1, 0.15) is 0 Å². The van der Waals surface area contributed by atoms with E-state index in [1.54, 1.807) is 52.2 Å². The molecule has 11 heteroatoms. The van der Waals surface area contributed by atoms with Gasteiger partial charge in [-0.3, -0.25) is 0 Å². The van der Waals surface area contributed by atoms with Crippen LogP contribution in [0.4, 0.5) is 18.0 Å². The van der Waals surface area contributed by atoms with Crippen LogP contribution in [-0.4, -0.2) is 47.7 Å². The van der Waals surface area contributed by atoms with Gasteiger partial charge in [0.15, 0.2) is 0 Å². The molecule has 1 amide bonds. The molecule has 2 aromatic carbocycles. The molecule has 0 spiro atoms. The van der Waals surface area contributed by atoms with Crippen LogP contribution in [0.5, 0.6) is 0 Å². The summed E-state index contributed by atoms with van der Waals surface area (Å²) in [4.78, 5) is 19.6. The first-order valence-corrected chi connectivity index (χ1v) is 16.7. The van der Waals surface area contributed by atoms with Crippen LogP contribution in [-0.2, 0) is 34.8 Å². The van der Waals surface area contributed by atoms with Gasteiger partial charge in [-0.2, -0.15) is 0 Å². The molecule has 1 saturated heterocycles. The van der Waals surface area contributed by atoms with E-state index in [4.69, 9.17) is 19.6 Å². The van der Waals surface area contributed by atoms with Gasteiger partial charge in [0.05, 0.1) is 0 Å². The number of benzene rings is 2. The predicted octanol–water partition coefficient (Wildman–Crippen LogP) is 8.48. The SMILES string of the molecule is C/C=C(\N=C(C(C)CC)C1CCCN1C(=BOC#N)NC(=O)OC(C)(C)C)c1ccc(CCc2ccc(CCC)cc2)c(C(F)(F)F)c1. The number of ether oxygens (including phenoxy) is 1. The van der Waals surface area contributed by atoms with Crippen LogP contribution in [0.25, 0.3) is 5.70 Å². The molecule has 1 heterocycles. The third-order valence-corrected chi connectivity index (χ3v) is 8.35. The first kappa shape index (κ1) is 38.4. The average Bonchev–Trinajstić information content (AvgIpc) is 3.51. The standard InChI is InChI=1S/C37H48BF3N4O3/c1-8-12-26-14-16-27(17-15-26)18-19-28-20-21-29(23-30(28)37(39,40)41)31(10-3)43-33(25(4)9-2)32-13-11-22-45(32)34(38-47-24-42)44-35(46)48-36(5,6)7/h10,14-17,20-21,23,25,32H,8-9,11-13,18-19,22H2,1-7H3,(H,44,46)/b31-10-,43-33?. The van der Waals surface area contributed by atoms with Crippen molar-refractivity contribution in [1.82, 2.24) is 10.2 Å². The van der Waals surface area contributed by atoms with Crippen molar-refractivity contribution in [2.24, 2.45) is 10.9 Å². The number of alkyl halides is 3. The van der Waals surface area contributed by atoms with E-state index in [-0.39, 0.29) is 29.7 Å². The topological polar surface area (TPSA) is 87.0 Å². The number of nitrogens with zero attached hydrogens (tertiary/aromatic N) is 3. The Morgan fingerprint density at radius 2 is 1.79 bits per heavy atom. The van der Waals surface area contributed by atoms with Crippen LogP contribution in [0.1, 0.15) is 102 Å². The molecule has 0 aromatic heterocycles. The Morgan fingerprint density at radius 1 is 1.12 bits per heavy atom. The van der Waals surface area contributed by atoms with Crippen molar-refractivity contribution in [3.8, 4) is 6.26 Å². The number of rotatable bonds is 13. The minimum absolute atomic E-state index is 0.0321. The van der Waals surface area contributed by atoms with Crippen molar-refractivity contribution in [3.63, 3.8) is 0 Å². The Balaban J connectivity index is 1.96. The Kier molecular flexibility index (Phi) is 13.9. The van der Waals surface area contributed by atoms with Crippen molar-refractivity contribution in [1.29, 1.82) is 5.26 Å². The van der Waals surface area contributed by atoms with Gasteiger partial charge >= 0.3 is 229 Å². The number of aliphatic imine (C=N–C) groups is 1. The summed E-state index contributed by atoms with van der Waals surface area (Å²) in [5, 5.41) is 11.8. The van der Waals surface area contributed by atoms with Gasteiger partial charge in [0.25, 0.3) is 0 Å². The third-order valence-electron chi connectivity index (χ3n) is 8.35. The number of aryl methyl sites for hydroxylation is 3. The van der Waals surface area contributed by atoms with Gasteiger partial charge in [-0.15, -0.1) is 0 Å². The van der Waals surface area contributed by atoms with Crippen molar-refractivity contribution < 1.29 is 27.4 Å². The third kappa shape index (κ3) is 11.0. The van der Waals surface area contributed by atoms with E-state index in [1.165, 1.54) is 18.8 Å². The molecule has 7 nitrogen and oxygen atoms in total. The molecule has 0 aliphatic carbocycles. The number of hydrogen-bond acceptors (Lipinski definition) is 6. The van der Waals surface area contributed by atoms with Crippen molar-refractivity contribution in [3.05, 3.63) is 76.4 Å². The Morgan fingerprint density at radius 3 is 2.35 bits per heavy atom. The van der Waals surface area contributed by atoms with Crippen molar-refractivity contribution in [2.75, 3.05) is 6.54 Å². The molecule has 2 aromatic rings. The number of nitriles is 1. The quantitative estimate of drug-likeness (QED) is 0.132. The second-order valence-electron chi connectivity index (χ2n) is 13.1.